The van der Waals surface area contributed by atoms with E-state index in [-0.39, 0.29) is 41.7 Å². The van der Waals surface area contributed by atoms with Crippen LogP contribution in [0.3, 0.4) is 0 Å². The maximum atomic E-state index is 13.5. The van der Waals surface area contributed by atoms with Gasteiger partial charge in [0.2, 0.25) is 11.8 Å². The molecule has 0 saturated carbocycles. The van der Waals surface area contributed by atoms with Crippen LogP contribution < -0.4 is 5.32 Å². The Labute approximate surface area is 292 Å². The highest BCUT2D eigenvalue weighted by atomic mass is 16.5. The first-order valence-electron chi connectivity index (χ1n) is 17.5. The van der Waals surface area contributed by atoms with Gasteiger partial charge in [-0.1, -0.05) is 58.9 Å². The first-order valence-corrected chi connectivity index (χ1v) is 17.5. The predicted molar refractivity (Wildman–Crippen MR) is 188 cm³/mol. The molecule has 0 aliphatic carbocycles. The number of rotatable bonds is 10. The van der Waals surface area contributed by atoms with E-state index in [1.807, 2.05) is 49.9 Å². The van der Waals surface area contributed by atoms with Crippen molar-refractivity contribution in [1.82, 2.24) is 45.0 Å². The Balaban J connectivity index is 1.11. The monoisotopic (exact) mass is 681 g/mol. The van der Waals surface area contributed by atoms with Gasteiger partial charge in [-0.2, -0.15) is 0 Å². The van der Waals surface area contributed by atoms with Crippen LogP contribution in [0.5, 0.6) is 0 Å². The van der Waals surface area contributed by atoms with E-state index in [1.54, 1.807) is 29.7 Å². The van der Waals surface area contributed by atoms with Crippen molar-refractivity contribution in [3.05, 3.63) is 60.7 Å². The third kappa shape index (κ3) is 7.12. The van der Waals surface area contributed by atoms with Crippen LogP contribution in [0.4, 0.5) is 4.79 Å². The number of H-pyrrole nitrogens is 2. The maximum absolute atomic E-state index is 13.5. The molecule has 2 aliphatic rings. The van der Waals surface area contributed by atoms with Gasteiger partial charge in [-0.05, 0) is 43.1 Å². The van der Waals surface area contributed by atoms with Crippen LogP contribution >= 0.6 is 0 Å². The fourth-order valence-electron chi connectivity index (χ4n) is 6.77. The number of imidazole rings is 2. The third-order valence-corrected chi connectivity index (χ3v) is 10.1. The quantitative estimate of drug-likeness (QED) is 0.186. The second-order valence-electron chi connectivity index (χ2n) is 14.0. The van der Waals surface area contributed by atoms with Crippen molar-refractivity contribution in [2.24, 2.45) is 17.8 Å². The normalized spacial score (nSPS) is 18.9. The van der Waals surface area contributed by atoms with E-state index in [4.69, 9.17) is 4.74 Å². The van der Waals surface area contributed by atoms with E-state index in [0.29, 0.717) is 18.2 Å². The Morgan fingerprint density at radius 1 is 0.720 bits per heavy atom. The van der Waals surface area contributed by atoms with Crippen LogP contribution in [0.15, 0.2) is 49.1 Å². The molecule has 3 aromatic heterocycles. The number of carbonyl (C=O) groups is 3. The summed E-state index contributed by atoms with van der Waals surface area (Å²) in [4.78, 5) is 67.7. The first kappa shape index (κ1) is 34.8. The number of hydrogen-bond acceptors (Lipinski definition) is 8. The van der Waals surface area contributed by atoms with Gasteiger partial charge in [0.1, 0.15) is 17.7 Å². The van der Waals surface area contributed by atoms with E-state index in [1.165, 1.54) is 7.11 Å². The van der Waals surface area contributed by atoms with E-state index in [2.05, 4.69) is 49.1 Å². The number of alkyl carbamates (subject to hydrolysis) is 1. The van der Waals surface area contributed by atoms with Crippen molar-refractivity contribution in [2.75, 3.05) is 20.2 Å². The molecule has 1 aromatic carbocycles. The lowest BCUT2D eigenvalue weighted by Gasteiger charge is -2.30. The van der Waals surface area contributed by atoms with Gasteiger partial charge >= 0.3 is 6.09 Å². The van der Waals surface area contributed by atoms with Crippen LogP contribution in [0.1, 0.15) is 84.0 Å². The summed E-state index contributed by atoms with van der Waals surface area (Å²) in [7, 11) is 1.29. The molecule has 2 aliphatic heterocycles. The Bertz CT molecular complexity index is 1800. The van der Waals surface area contributed by atoms with Crippen molar-refractivity contribution in [2.45, 2.75) is 78.4 Å². The highest BCUT2D eigenvalue weighted by Gasteiger charge is 2.38. The molecule has 3 amide bonds. The number of hydrogen-bond donors (Lipinski definition) is 3. The second-order valence-corrected chi connectivity index (χ2v) is 14.0. The van der Waals surface area contributed by atoms with Crippen LogP contribution in [-0.4, -0.2) is 83.9 Å². The molecule has 0 bridgehead atoms. The third-order valence-electron chi connectivity index (χ3n) is 10.1. The minimum Gasteiger partial charge on any atom is -0.453 e. The summed E-state index contributed by atoms with van der Waals surface area (Å²) in [6, 6.07) is 6.99. The summed E-state index contributed by atoms with van der Waals surface area (Å²) in [5, 5.41) is 2.69. The van der Waals surface area contributed by atoms with E-state index in [0.717, 1.165) is 66.1 Å². The number of aromatic amines is 2. The molecular formula is C37H47N9O4. The van der Waals surface area contributed by atoms with Crippen LogP contribution in [0.2, 0.25) is 0 Å². The number of aromatic nitrogens is 6. The average Bonchev–Trinajstić information content (AvgIpc) is 3.96. The molecule has 6 rings (SSSR count). The van der Waals surface area contributed by atoms with Gasteiger partial charge < -0.3 is 29.8 Å². The second kappa shape index (κ2) is 14.8. The van der Waals surface area contributed by atoms with Gasteiger partial charge in [0, 0.05) is 42.5 Å². The Morgan fingerprint density at radius 2 is 1.24 bits per heavy atom. The zero-order valence-corrected chi connectivity index (χ0v) is 29.6. The lowest BCUT2D eigenvalue weighted by atomic mass is 9.96. The van der Waals surface area contributed by atoms with Crippen molar-refractivity contribution >= 4 is 17.9 Å². The molecule has 1 unspecified atom stereocenters. The van der Waals surface area contributed by atoms with Crippen molar-refractivity contribution < 1.29 is 19.1 Å². The number of nitrogens with one attached hydrogen (secondary N) is 3. The molecule has 50 heavy (non-hydrogen) atoms. The molecule has 13 heteroatoms. The summed E-state index contributed by atoms with van der Waals surface area (Å²) < 4.78 is 4.74. The number of methoxy groups -OCH3 is 1. The molecule has 2 saturated heterocycles. The zero-order valence-electron chi connectivity index (χ0n) is 29.6. The fourth-order valence-corrected chi connectivity index (χ4v) is 6.77. The zero-order chi connectivity index (χ0) is 35.5. The van der Waals surface area contributed by atoms with Crippen LogP contribution in [0, 0.1) is 17.8 Å². The maximum Gasteiger partial charge on any atom is 0.407 e. The molecule has 0 spiro atoms. The van der Waals surface area contributed by atoms with E-state index in [9.17, 15) is 14.4 Å². The molecule has 2 fully saturated rings. The van der Waals surface area contributed by atoms with E-state index < -0.39 is 12.1 Å². The van der Waals surface area contributed by atoms with Crippen molar-refractivity contribution in [1.29, 1.82) is 0 Å². The number of amides is 3. The van der Waals surface area contributed by atoms with Gasteiger partial charge in [-0.25, -0.2) is 24.7 Å². The molecule has 4 aromatic rings. The molecule has 264 valence electrons. The first-order chi connectivity index (χ1) is 24.0. The average molecular weight is 682 g/mol. The fraction of sp³-hybridized carbons (Fsp3) is 0.486. The molecular weight excluding hydrogens is 634 g/mol. The standard InChI is InChI=1S/C37H47N9O4/c1-21(2)23(5)35(47)45-15-7-9-29(45)33-41-20-28(43-33)26-17-38-32(39-18-26)25-13-11-24(12-14-25)27-19-40-34(42-27)30-10-8-16-46(30)36(48)31(22(3)4)44-37(49)50-6/h11-14,17-23,29-31H,7-10,15-16H2,1-6H3,(H,40,42)(H,41,43)(H,44,49)/t23-,29-,30?,31-/m0/s1. The molecule has 3 N–H and O–H groups in total. The molecule has 0 radical (unpaired) electrons. The number of benzene rings is 1. The smallest absolute Gasteiger partial charge is 0.407 e. The predicted octanol–water partition coefficient (Wildman–Crippen LogP) is 5.92. The highest BCUT2D eigenvalue weighted by Crippen LogP contribution is 2.35. The van der Waals surface area contributed by atoms with Crippen molar-refractivity contribution in [3.8, 4) is 33.9 Å². The van der Waals surface area contributed by atoms with E-state index >= 15 is 0 Å². The van der Waals surface area contributed by atoms with Crippen LogP contribution in [0.25, 0.3) is 33.9 Å². The minimum absolute atomic E-state index is 0.0287. The lowest BCUT2D eigenvalue weighted by Crippen LogP contribution is -2.51. The number of likely N-dealkylation sites (tertiary alicyclic amines) is 2. The highest BCUT2D eigenvalue weighted by molar-refractivity contribution is 5.86. The summed E-state index contributed by atoms with van der Waals surface area (Å²) in [5.41, 5.74) is 4.29. The minimum atomic E-state index is -0.684. The molecule has 5 heterocycles. The summed E-state index contributed by atoms with van der Waals surface area (Å²) in [5.74, 6) is 2.32. The Kier molecular flexibility index (Phi) is 10.3. The topological polar surface area (TPSA) is 162 Å². The summed E-state index contributed by atoms with van der Waals surface area (Å²) in [6.07, 6.45) is 10.0. The number of ether oxygens (including phenoxy) is 1. The number of carbonyl (C=O) groups excluding carboxylic acids is 3. The summed E-state index contributed by atoms with van der Waals surface area (Å²) in [6.45, 7) is 11.3. The van der Waals surface area contributed by atoms with Gasteiger partial charge in [-0.3, -0.25) is 9.59 Å². The summed E-state index contributed by atoms with van der Waals surface area (Å²) >= 11 is 0. The van der Waals surface area contributed by atoms with Gasteiger partial charge in [-0.15, -0.1) is 0 Å². The van der Waals surface area contributed by atoms with Gasteiger partial charge in [0.05, 0.1) is 43.0 Å². The lowest BCUT2D eigenvalue weighted by molar-refractivity contribution is -0.137. The Morgan fingerprint density at radius 3 is 1.76 bits per heavy atom. The molecule has 13 nitrogen and oxygen atoms in total. The largest absolute Gasteiger partial charge is 0.453 e. The van der Waals surface area contributed by atoms with Crippen molar-refractivity contribution in [3.63, 3.8) is 0 Å². The van der Waals surface area contributed by atoms with Gasteiger partial charge in [0.25, 0.3) is 0 Å². The SMILES string of the molecule is COC(=O)N[C@H](C(=O)N1CCCC1c1ncc(-c2ccc(-c3ncc(-c4cnc([C@@H]5CCCN5C(=O)[C@@H](C)C(C)C)[nH]4)cn3)cc2)[nH]1)C(C)C. The Hall–Kier alpha value is -5.07. The number of nitrogens with zero attached hydrogens (tertiary/aromatic N) is 6. The molecule has 4 atom stereocenters. The van der Waals surface area contributed by atoms with Gasteiger partial charge in [0.15, 0.2) is 5.82 Å². The van der Waals surface area contributed by atoms with Crippen LogP contribution in [-0.2, 0) is 14.3 Å².